The minimum absolute atomic E-state index is 0.198. The molecular weight excluding hydrogens is 269 g/mol. The van der Waals surface area contributed by atoms with Crippen LogP contribution in [0.2, 0.25) is 5.15 Å². The zero-order valence-corrected chi connectivity index (χ0v) is 10.5. The third-order valence-electron chi connectivity index (χ3n) is 2.54. The van der Waals surface area contributed by atoms with Gasteiger partial charge in [0.05, 0.1) is 0 Å². The Bertz CT molecular complexity index is 711. The van der Waals surface area contributed by atoms with Gasteiger partial charge < -0.3 is 4.74 Å². The van der Waals surface area contributed by atoms with Crippen molar-refractivity contribution in [2.75, 3.05) is 0 Å². The fraction of sp³-hybridized carbons (Fsp3) is 0.0769. The number of aromatic nitrogens is 3. The molecule has 0 N–H and O–H groups in total. The minimum Gasteiger partial charge on any atom is -0.486 e. The highest BCUT2D eigenvalue weighted by atomic mass is 35.5. The van der Waals surface area contributed by atoms with Crippen molar-refractivity contribution >= 4 is 17.2 Å². The summed E-state index contributed by atoms with van der Waals surface area (Å²) < 4.78 is 19.7. The second-order valence-corrected chi connectivity index (χ2v) is 4.28. The van der Waals surface area contributed by atoms with Gasteiger partial charge in [0.25, 0.3) is 0 Å². The van der Waals surface area contributed by atoms with Gasteiger partial charge in [-0.25, -0.2) is 13.9 Å². The Hall–Kier alpha value is -2.14. The molecule has 2 heterocycles. The van der Waals surface area contributed by atoms with E-state index < -0.39 is 0 Å². The molecule has 19 heavy (non-hydrogen) atoms. The number of fused-ring (bicyclic) bond motifs is 1. The van der Waals surface area contributed by atoms with E-state index in [1.54, 1.807) is 30.3 Å². The fourth-order valence-electron chi connectivity index (χ4n) is 1.66. The Balaban J connectivity index is 1.78. The summed E-state index contributed by atoms with van der Waals surface area (Å²) in [7, 11) is 0. The fourth-order valence-corrected chi connectivity index (χ4v) is 1.85. The highest BCUT2D eigenvalue weighted by molar-refractivity contribution is 6.29. The van der Waals surface area contributed by atoms with E-state index in [-0.39, 0.29) is 12.4 Å². The number of rotatable bonds is 3. The van der Waals surface area contributed by atoms with E-state index in [1.165, 1.54) is 16.6 Å². The molecule has 4 nitrogen and oxygen atoms in total. The molecule has 0 atom stereocenters. The van der Waals surface area contributed by atoms with Gasteiger partial charge in [0.15, 0.2) is 11.5 Å². The molecule has 0 spiro atoms. The first-order valence-electron chi connectivity index (χ1n) is 5.61. The van der Waals surface area contributed by atoms with Gasteiger partial charge in [0.2, 0.25) is 0 Å². The Morgan fingerprint density at radius 1 is 1.16 bits per heavy atom. The molecule has 96 valence electrons. The van der Waals surface area contributed by atoms with Crippen molar-refractivity contribution in [1.29, 1.82) is 0 Å². The second kappa shape index (κ2) is 4.85. The molecular formula is C13H9ClFN3O. The van der Waals surface area contributed by atoms with E-state index in [1.807, 2.05) is 0 Å². The number of ether oxygens (including phenoxy) is 1. The summed E-state index contributed by atoms with van der Waals surface area (Å²) in [4.78, 5) is 4.27. The van der Waals surface area contributed by atoms with Crippen LogP contribution in [0.25, 0.3) is 5.65 Å². The molecule has 0 fully saturated rings. The van der Waals surface area contributed by atoms with Crippen molar-refractivity contribution in [2.45, 2.75) is 6.61 Å². The van der Waals surface area contributed by atoms with E-state index in [9.17, 15) is 4.39 Å². The molecule has 3 aromatic rings. The summed E-state index contributed by atoms with van der Waals surface area (Å²) in [5.74, 6) is 0.772. The highest BCUT2D eigenvalue weighted by Crippen LogP contribution is 2.14. The van der Waals surface area contributed by atoms with Crippen LogP contribution in [0.15, 0.2) is 42.5 Å². The number of benzene rings is 1. The van der Waals surface area contributed by atoms with Crippen LogP contribution in [-0.2, 0) is 6.61 Å². The lowest BCUT2D eigenvalue weighted by Crippen LogP contribution is -1.98. The van der Waals surface area contributed by atoms with Gasteiger partial charge in [-0.2, -0.15) is 0 Å². The van der Waals surface area contributed by atoms with E-state index in [0.29, 0.717) is 22.4 Å². The van der Waals surface area contributed by atoms with Gasteiger partial charge in [0.1, 0.15) is 23.3 Å². The average molecular weight is 278 g/mol. The van der Waals surface area contributed by atoms with E-state index in [4.69, 9.17) is 16.3 Å². The molecule has 6 heteroatoms. The van der Waals surface area contributed by atoms with Crippen LogP contribution in [0.1, 0.15) is 5.82 Å². The van der Waals surface area contributed by atoms with E-state index in [0.717, 1.165) is 0 Å². The third kappa shape index (κ3) is 2.51. The summed E-state index contributed by atoms with van der Waals surface area (Å²) in [6.45, 7) is 0.198. The Morgan fingerprint density at radius 3 is 2.68 bits per heavy atom. The average Bonchev–Trinajstić information content (AvgIpc) is 2.83. The van der Waals surface area contributed by atoms with Gasteiger partial charge in [0, 0.05) is 0 Å². The van der Waals surface area contributed by atoms with Crippen LogP contribution < -0.4 is 4.74 Å². The lowest BCUT2D eigenvalue weighted by Gasteiger charge is -2.02. The standard InChI is InChI=1S/C13H9ClFN3O/c14-11-2-1-3-13-16-12(17-18(11)13)8-19-10-6-4-9(15)5-7-10/h1-7H,8H2. The molecule has 0 saturated carbocycles. The van der Waals surface area contributed by atoms with Gasteiger partial charge >= 0.3 is 0 Å². The van der Waals surface area contributed by atoms with Crippen LogP contribution in [0.4, 0.5) is 4.39 Å². The Morgan fingerprint density at radius 2 is 1.95 bits per heavy atom. The third-order valence-corrected chi connectivity index (χ3v) is 2.83. The van der Waals surface area contributed by atoms with Gasteiger partial charge in [-0.05, 0) is 36.4 Å². The summed E-state index contributed by atoms with van der Waals surface area (Å²) in [6.07, 6.45) is 0. The molecule has 1 aromatic carbocycles. The zero-order chi connectivity index (χ0) is 13.2. The minimum atomic E-state index is -0.301. The largest absolute Gasteiger partial charge is 0.486 e. The van der Waals surface area contributed by atoms with E-state index in [2.05, 4.69) is 10.1 Å². The molecule has 0 bridgehead atoms. The number of nitrogens with zero attached hydrogens (tertiary/aromatic N) is 3. The molecule has 0 amide bonds. The van der Waals surface area contributed by atoms with Crippen LogP contribution in [-0.4, -0.2) is 14.6 Å². The molecule has 0 saturated heterocycles. The molecule has 0 unspecified atom stereocenters. The topological polar surface area (TPSA) is 39.4 Å². The Labute approximate surface area is 113 Å². The maximum atomic E-state index is 12.7. The van der Waals surface area contributed by atoms with Crippen LogP contribution in [0, 0.1) is 5.82 Å². The monoisotopic (exact) mass is 277 g/mol. The number of hydrogen-bond acceptors (Lipinski definition) is 3. The maximum absolute atomic E-state index is 12.7. The molecule has 0 aliphatic heterocycles. The van der Waals surface area contributed by atoms with Gasteiger partial charge in [-0.3, -0.25) is 0 Å². The predicted molar refractivity (Wildman–Crippen MR) is 68.7 cm³/mol. The SMILES string of the molecule is Fc1ccc(OCc2nc3cccc(Cl)n3n2)cc1. The van der Waals surface area contributed by atoms with Crippen molar-refractivity contribution in [3.05, 3.63) is 59.3 Å². The first-order chi connectivity index (χ1) is 9.22. The van der Waals surface area contributed by atoms with Crippen molar-refractivity contribution in [3.63, 3.8) is 0 Å². The zero-order valence-electron chi connectivity index (χ0n) is 9.75. The molecule has 0 aliphatic carbocycles. The highest BCUT2D eigenvalue weighted by Gasteiger charge is 2.06. The number of pyridine rings is 1. The maximum Gasteiger partial charge on any atom is 0.189 e. The van der Waals surface area contributed by atoms with Crippen molar-refractivity contribution in [3.8, 4) is 5.75 Å². The molecule has 0 aliphatic rings. The molecule has 2 aromatic heterocycles. The number of hydrogen-bond donors (Lipinski definition) is 0. The van der Waals surface area contributed by atoms with E-state index >= 15 is 0 Å². The van der Waals surface area contributed by atoms with Crippen LogP contribution in [0.3, 0.4) is 0 Å². The molecule has 0 radical (unpaired) electrons. The summed E-state index contributed by atoms with van der Waals surface area (Å²) in [5, 5.41) is 4.70. The summed E-state index contributed by atoms with van der Waals surface area (Å²) in [6, 6.07) is 11.1. The summed E-state index contributed by atoms with van der Waals surface area (Å²) >= 11 is 5.98. The molecule has 3 rings (SSSR count). The van der Waals surface area contributed by atoms with Crippen molar-refractivity contribution < 1.29 is 9.13 Å². The lowest BCUT2D eigenvalue weighted by atomic mass is 10.3. The smallest absolute Gasteiger partial charge is 0.189 e. The second-order valence-electron chi connectivity index (χ2n) is 3.89. The van der Waals surface area contributed by atoms with Crippen molar-refractivity contribution in [2.24, 2.45) is 0 Å². The first kappa shape index (κ1) is 11.9. The normalized spacial score (nSPS) is 10.8. The lowest BCUT2D eigenvalue weighted by molar-refractivity contribution is 0.295. The first-order valence-corrected chi connectivity index (χ1v) is 5.99. The number of halogens is 2. The van der Waals surface area contributed by atoms with Crippen molar-refractivity contribution in [1.82, 2.24) is 14.6 Å². The summed E-state index contributed by atoms with van der Waals surface area (Å²) in [5.41, 5.74) is 0.658. The van der Waals surface area contributed by atoms with Crippen LogP contribution in [0.5, 0.6) is 5.75 Å². The van der Waals surface area contributed by atoms with Gasteiger partial charge in [-0.1, -0.05) is 17.7 Å². The van der Waals surface area contributed by atoms with Crippen LogP contribution >= 0.6 is 11.6 Å². The predicted octanol–water partition coefficient (Wildman–Crippen LogP) is 3.10. The quantitative estimate of drug-likeness (QED) is 0.691. The Kier molecular flexibility index (Phi) is 3.05. The van der Waals surface area contributed by atoms with Gasteiger partial charge in [-0.15, -0.1) is 5.10 Å².